The summed E-state index contributed by atoms with van der Waals surface area (Å²) >= 11 is 1.55. The molecule has 8 heteroatoms. The number of thiophene rings is 1. The van der Waals surface area contributed by atoms with Crippen molar-refractivity contribution in [2.45, 2.75) is 32.7 Å². The van der Waals surface area contributed by atoms with E-state index < -0.39 is 5.97 Å². The number of ether oxygens (including phenoxy) is 1. The number of rotatable bonds is 5. The predicted molar refractivity (Wildman–Crippen MR) is 129 cm³/mol. The molecule has 0 aliphatic carbocycles. The van der Waals surface area contributed by atoms with Gasteiger partial charge in [0.25, 0.3) is 5.91 Å². The quantitative estimate of drug-likeness (QED) is 0.397. The third kappa shape index (κ3) is 4.02. The Morgan fingerprint density at radius 3 is 2.82 bits per heavy atom. The lowest BCUT2D eigenvalue weighted by molar-refractivity contribution is -0.121. The zero-order valence-corrected chi connectivity index (χ0v) is 19.3. The van der Waals surface area contributed by atoms with Gasteiger partial charge in [0, 0.05) is 18.3 Å². The Morgan fingerprint density at radius 2 is 2.03 bits per heavy atom. The van der Waals surface area contributed by atoms with Gasteiger partial charge in [-0.2, -0.15) is 5.10 Å². The average molecular weight is 461 g/mol. The van der Waals surface area contributed by atoms with E-state index in [0.717, 1.165) is 29.0 Å². The molecule has 0 radical (unpaired) electrons. The molecule has 1 aliphatic rings. The van der Waals surface area contributed by atoms with Crippen LogP contribution in [0.5, 0.6) is 0 Å². The smallest absolute Gasteiger partial charge is 0.339 e. The minimum Gasteiger partial charge on any atom is -0.452 e. The van der Waals surface area contributed by atoms with Gasteiger partial charge in [0.05, 0.1) is 27.7 Å². The highest BCUT2D eigenvalue weighted by atomic mass is 32.1. The Labute approximate surface area is 195 Å². The van der Waals surface area contributed by atoms with Gasteiger partial charge in [0.2, 0.25) is 0 Å². The molecule has 168 valence electrons. The monoisotopic (exact) mass is 460 g/mol. The first-order valence-electron chi connectivity index (χ1n) is 11.0. The fraction of sp³-hybridized carbons (Fsp3) is 0.280. The number of hydrogen-bond donors (Lipinski definition) is 0. The molecule has 5 rings (SSSR count). The molecule has 1 amide bonds. The summed E-state index contributed by atoms with van der Waals surface area (Å²) in [5, 5.41) is 7.01. The lowest BCUT2D eigenvalue weighted by Crippen LogP contribution is -2.38. The molecule has 1 aliphatic heterocycles. The summed E-state index contributed by atoms with van der Waals surface area (Å²) in [4.78, 5) is 33.5. The van der Waals surface area contributed by atoms with Crippen molar-refractivity contribution in [2.24, 2.45) is 0 Å². The zero-order valence-electron chi connectivity index (χ0n) is 18.5. The first kappa shape index (κ1) is 21.3. The van der Waals surface area contributed by atoms with Crippen LogP contribution in [0.15, 0.2) is 54.0 Å². The van der Waals surface area contributed by atoms with Crippen molar-refractivity contribution in [3.63, 3.8) is 0 Å². The molecule has 1 aromatic carbocycles. The van der Waals surface area contributed by atoms with Crippen LogP contribution in [0.4, 0.5) is 5.69 Å². The van der Waals surface area contributed by atoms with Crippen LogP contribution >= 0.6 is 11.3 Å². The Bertz CT molecular complexity index is 1330. The summed E-state index contributed by atoms with van der Waals surface area (Å²) in [6.07, 6.45) is 3.47. The third-order valence-corrected chi connectivity index (χ3v) is 6.68. The normalized spacial score (nSPS) is 13.4. The van der Waals surface area contributed by atoms with Crippen molar-refractivity contribution in [1.29, 1.82) is 0 Å². The van der Waals surface area contributed by atoms with E-state index in [1.54, 1.807) is 33.2 Å². The lowest BCUT2D eigenvalue weighted by Gasteiger charge is -2.29. The van der Waals surface area contributed by atoms with Crippen LogP contribution < -0.4 is 4.90 Å². The summed E-state index contributed by atoms with van der Waals surface area (Å²) in [7, 11) is 0. The number of carbonyl (C=O) groups excluding carboxylic acids is 2. The summed E-state index contributed by atoms with van der Waals surface area (Å²) in [5.74, 6) is -0.778. The Kier molecular flexibility index (Phi) is 5.68. The van der Waals surface area contributed by atoms with Gasteiger partial charge >= 0.3 is 5.97 Å². The second-order valence-electron chi connectivity index (χ2n) is 8.31. The van der Waals surface area contributed by atoms with Gasteiger partial charge < -0.3 is 9.64 Å². The van der Waals surface area contributed by atoms with Gasteiger partial charge in [-0.05, 0) is 55.8 Å². The topological polar surface area (TPSA) is 77.3 Å². The number of fused-ring (bicyclic) bond motifs is 2. The molecule has 7 nitrogen and oxygen atoms in total. The molecule has 0 spiro atoms. The van der Waals surface area contributed by atoms with Gasteiger partial charge in [-0.1, -0.05) is 24.3 Å². The minimum absolute atomic E-state index is 0.0817. The maximum atomic E-state index is 13.1. The second kappa shape index (κ2) is 8.78. The fourth-order valence-electron chi connectivity index (χ4n) is 4.19. The fourth-order valence-corrected chi connectivity index (χ4v) is 4.88. The maximum absolute atomic E-state index is 13.1. The van der Waals surface area contributed by atoms with Crippen molar-refractivity contribution in [1.82, 2.24) is 14.8 Å². The summed E-state index contributed by atoms with van der Waals surface area (Å²) in [6.45, 7) is 4.33. The highest BCUT2D eigenvalue weighted by molar-refractivity contribution is 7.13. The van der Waals surface area contributed by atoms with Crippen molar-refractivity contribution >= 4 is 39.9 Å². The number of aromatic nitrogens is 3. The van der Waals surface area contributed by atoms with Crippen molar-refractivity contribution in [3.8, 4) is 10.6 Å². The maximum Gasteiger partial charge on any atom is 0.339 e. The third-order valence-electron chi connectivity index (χ3n) is 5.79. The number of aryl methyl sites for hydroxylation is 1. The van der Waals surface area contributed by atoms with Crippen LogP contribution in [-0.4, -0.2) is 39.8 Å². The highest BCUT2D eigenvalue weighted by Crippen LogP contribution is 2.30. The van der Waals surface area contributed by atoms with Gasteiger partial charge in [0.1, 0.15) is 0 Å². The van der Waals surface area contributed by atoms with Crippen molar-refractivity contribution in [3.05, 3.63) is 65.2 Å². The molecule has 4 heterocycles. The van der Waals surface area contributed by atoms with Crippen LogP contribution in [0.3, 0.4) is 0 Å². The van der Waals surface area contributed by atoms with Gasteiger partial charge in [0.15, 0.2) is 12.3 Å². The number of anilines is 1. The number of nitrogens with zero attached hydrogens (tertiary/aromatic N) is 4. The predicted octanol–water partition coefficient (Wildman–Crippen LogP) is 4.88. The molecular weight excluding hydrogens is 436 g/mol. The number of benzene rings is 1. The molecular formula is C25H24N4O3S. The summed E-state index contributed by atoms with van der Waals surface area (Å²) in [5.41, 5.74) is 3.71. The number of hydrogen-bond acceptors (Lipinski definition) is 6. The Balaban J connectivity index is 1.42. The van der Waals surface area contributed by atoms with E-state index in [4.69, 9.17) is 9.72 Å². The molecule has 3 aromatic heterocycles. The molecule has 33 heavy (non-hydrogen) atoms. The highest BCUT2D eigenvalue weighted by Gasteiger charge is 2.25. The Morgan fingerprint density at radius 1 is 1.18 bits per heavy atom. The van der Waals surface area contributed by atoms with E-state index >= 15 is 0 Å². The summed E-state index contributed by atoms with van der Waals surface area (Å²) in [6, 6.07) is 13.6. The average Bonchev–Trinajstić information content (AvgIpc) is 3.51. The van der Waals surface area contributed by atoms with Gasteiger partial charge in [-0.3, -0.25) is 4.79 Å². The number of carbonyl (C=O) groups is 2. The number of para-hydroxylation sites is 1. The van der Waals surface area contributed by atoms with E-state index in [2.05, 4.69) is 5.10 Å². The van der Waals surface area contributed by atoms with Crippen LogP contribution in [0.2, 0.25) is 0 Å². The van der Waals surface area contributed by atoms with E-state index in [0.29, 0.717) is 28.8 Å². The SMILES string of the molecule is CC(C)n1ncc2c(C(=O)OCC(=O)N3CCCc4ccccc43)cc(-c3cccs3)nc21. The van der Waals surface area contributed by atoms with Gasteiger partial charge in [-0.25, -0.2) is 14.5 Å². The van der Waals surface area contributed by atoms with Crippen LogP contribution in [0.25, 0.3) is 21.6 Å². The molecule has 0 N–H and O–H groups in total. The van der Waals surface area contributed by atoms with Crippen LogP contribution in [0.1, 0.15) is 42.2 Å². The largest absolute Gasteiger partial charge is 0.452 e. The van der Waals surface area contributed by atoms with Crippen molar-refractivity contribution < 1.29 is 14.3 Å². The molecule has 0 bridgehead atoms. The number of esters is 1. The first-order valence-corrected chi connectivity index (χ1v) is 11.9. The van der Waals surface area contributed by atoms with E-state index in [1.165, 1.54) is 0 Å². The second-order valence-corrected chi connectivity index (χ2v) is 9.25. The standard InChI is InChI=1S/C25H24N4O3S/c1-16(2)29-24-19(14-26-29)18(13-20(27-24)22-10-6-12-33-22)25(31)32-15-23(30)28-11-5-8-17-7-3-4-9-21(17)28/h3-4,6-7,9-10,12-14,16H,5,8,11,15H2,1-2H3. The van der Waals surface area contributed by atoms with E-state index in [-0.39, 0.29) is 18.6 Å². The summed E-state index contributed by atoms with van der Waals surface area (Å²) < 4.78 is 7.31. The lowest BCUT2D eigenvalue weighted by atomic mass is 10.0. The molecule has 4 aromatic rings. The van der Waals surface area contributed by atoms with Crippen molar-refractivity contribution in [2.75, 3.05) is 18.1 Å². The molecule has 0 unspecified atom stereocenters. The zero-order chi connectivity index (χ0) is 22.9. The molecule has 0 atom stereocenters. The number of pyridine rings is 1. The van der Waals surface area contributed by atoms with E-state index in [9.17, 15) is 9.59 Å². The van der Waals surface area contributed by atoms with Gasteiger partial charge in [-0.15, -0.1) is 11.3 Å². The van der Waals surface area contributed by atoms with Crippen LogP contribution in [-0.2, 0) is 16.0 Å². The van der Waals surface area contributed by atoms with E-state index in [1.807, 2.05) is 55.6 Å². The van der Waals surface area contributed by atoms with Crippen LogP contribution in [0, 0.1) is 0 Å². The molecule has 0 saturated carbocycles. The minimum atomic E-state index is -0.554. The number of amides is 1. The first-order chi connectivity index (χ1) is 16.0. The molecule has 0 fully saturated rings. The molecule has 0 saturated heterocycles. The Hall–Kier alpha value is -3.52.